The lowest BCUT2D eigenvalue weighted by Crippen LogP contribution is -2.65. The first-order valence-electron chi connectivity index (χ1n) is 17.0. The molecule has 3 aromatic rings. The molecule has 3 saturated carbocycles. The van der Waals surface area contributed by atoms with Crippen molar-refractivity contribution in [3.63, 3.8) is 0 Å². The van der Waals surface area contributed by atoms with Gasteiger partial charge < -0.3 is 14.6 Å². The Morgan fingerprint density at radius 1 is 1.02 bits per heavy atom. The molecule has 8 atom stereocenters. The van der Waals surface area contributed by atoms with Gasteiger partial charge in [0.15, 0.2) is 0 Å². The minimum atomic E-state index is -0.388. The molecule has 7 nitrogen and oxygen atoms in total. The molecule has 2 saturated heterocycles. The Labute approximate surface area is 268 Å². The average Bonchev–Trinajstić information content (AvgIpc) is 3.62. The molecule has 2 aliphatic heterocycles. The zero-order chi connectivity index (χ0) is 31.5. The molecule has 3 unspecified atom stereocenters. The quantitative estimate of drug-likeness (QED) is 0.269. The van der Waals surface area contributed by atoms with Crippen LogP contribution in [0.1, 0.15) is 89.2 Å². The maximum atomic E-state index is 13.6. The van der Waals surface area contributed by atoms with Crippen LogP contribution in [0, 0.1) is 23.2 Å². The highest BCUT2D eigenvalue weighted by molar-refractivity contribution is 6.47. The van der Waals surface area contributed by atoms with Gasteiger partial charge in [-0.05, 0) is 72.8 Å². The van der Waals surface area contributed by atoms with E-state index in [0.717, 1.165) is 30.0 Å². The van der Waals surface area contributed by atoms with Crippen molar-refractivity contribution in [3.05, 3.63) is 78.1 Å². The maximum Gasteiger partial charge on any atom is 0.478 e. The highest BCUT2D eigenvalue weighted by Crippen LogP contribution is 2.66. The summed E-state index contributed by atoms with van der Waals surface area (Å²) in [6, 6.07) is 20.4. The summed E-state index contributed by atoms with van der Waals surface area (Å²) in [4.78, 5) is 25.0. The lowest BCUT2D eigenvalue weighted by atomic mass is 9.43. The number of hydrogen-bond acceptors (Lipinski definition) is 6. The summed E-state index contributed by atoms with van der Waals surface area (Å²) in [5.74, 6) is 1.52. The fourth-order valence-corrected chi connectivity index (χ4v) is 8.92. The molecule has 3 aliphatic carbocycles. The number of fused-ring (bicyclic) bond motifs is 1. The number of carbonyl (C=O) groups excluding carboxylic acids is 1. The van der Waals surface area contributed by atoms with Crippen LogP contribution >= 0.6 is 0 Å². The third kappa shape index (κ3) is 5.42. The van der Waals surface area contributed by atoms with Crippen molar-refractivity contribution >= 4 is 23.8 Å². The summed E-state index contributed by atoms with van der Waals surface area (Å²) in [6.45, 7) is 14.3. The van der Waals surface area contributed by atoms with E-state index in [4.69, 9.17) is 14.1 Å². The summed E-state index contributed by atoms with van der Waals surface area (Å²) in [5, 5.41) is 7.25. The number of benzene rings is 2. The number of aromatic nitrogens is 1. The summed E-state index contributed by atoms with van der Waals surface area (Å²) in [5.41, 5.74) is 1.69. The van der Waals surface area contributed by atoms with E-state index in [1.165, 1.54) is 12.0 Å². The largest absolute Gasteiger partial charge is 0.478 e. The van der Waals surface area contributed by atoms with E-state index in [9.17, 15) is 4.79 Å². The monoisotopic (exact) mass is 609 g/mol. The van der Waals surface area contributed by atoms with Crippen LogP contribution in [0.15, 0.2) is 66.9 Å². The Morgan fingerprint density at radius 3 is 2.53 bits per heavy atom. The van der Waals surface area contributed by atoms with E-state index in [1.807, 2.05) is 30.3 Å². The van der Waals surface area contributed by atoms with Gasteiger partial charge in [-0.2, -0.15) is 5.06 Å². The van der Waals surface area contributed by atoms with Crippen LogP contribution in [0.5, 0.6) is 0 Å². The van der Waals surface area contributed by atoms with Gasteiger partial charge in [-0.25, -0.2) is 0 Å². The fourth-order valence-electron chi connectivity index (χ4n) is 8.92. The van der Waals surface area contributed by atoms with Crippen molar-refractivity contribution in [1.29, 1.82) is 0 Å². The van der Waals surface area contributed by atoms with Gasteiger partial charge in [-0.1, -0.05) is 89.2 Å². The molecule has 5 fully saturated rings. The van der Waals surface area contributed by atoms with Gasteiger partial charge in [0, 0.05) is 24.0 Å². The Balaban J connectivity index is 1.16. The fraction of sp³-hybridized carbons (Fsp3) is 0.568. The van der Waals surface area contributed by atoms with E-state index in [0.29, 0.717) is 30.0 Å². The van der Waals surface area contributed by atoms with Crippen LogP contribution in [0.2, 0.25) is 0 Å². The molecule has 1 aromatic heterocycles. The zero-order valence-electron chi connectivity index (χ0n) is 27.6. The van der Waals surface area contributed by atoms with Crippen LogP contribution in [0.4, 0.5) is 0 Å². The van der Waals surface area contributed by atoms with E-state index in [2.05, 4.69) is 87.2 Å². The molecule has 1 N–H and O–H groups in total. The predicted molar refractivity (Wildman–Crippen MR) is 177 cm³/mol. The average molecular weight is 610 g/mol. The second kappa shape index (κ2) is 11.8. The van der Waals surface area contributed by atoms with Crippen LogP contribution in [0.25, 0.3) is 10.8 Å². The molecule has 8 heteroatoms. The SMILES string of the molecule is CC(C)C[C@@H](B1O[C@@H]2C[C@@H]3C[C@@H](C3(C)C)[C@]2(C)O1)N1OC(C(C)c2ccccc2)CC1CNC(=O)c1nccc2ccccc12. The molecule has 45 heavy (non-hydrogen) atoms. The van der Waals surface area contributed by atoms with Crippen LogP contribution < -0.4 is 5.32 Å². The second-order valence-electron chi connectivity index (χ2n) is 15.2. The van der Waals surface area contributed by atoms with E-state index in [-0.39, 0.29) is 54.2 Å². The van der Waals surface area contributed by atoms with Crippen LogP contribution in [-0.2, 0) is 14.1 Å². The maximum absolute atomic E-state index is 13.6. The molecule has 1 amide bonds. The molecule has 5 aliphatic rings. The number of pyridine rings is 1. The molecule has 2 aromatic carbocycles. The van der Waals surface area contributed by atoms with Crippen molar-refractivity contribution in [2.45, 2.75) is 103 Å². The lowest BCUT2D eigenvalue weighted by Gasteiger charge is -2.64. The number of nitrogens with one attached hydrogen (secondary N) is 1. The van der Waals surface area contributed by atoms with Crippen molar-refractivity contribution < 1.29 is 18.9 Å². The van der Waals surface area contributed by atoms with Gasteiger partial charge in [-0.3, -0.25) is 14.6 Å². The normalized spacial score (nSPS) is 31.9. The van der Waals surface area contributed by atoms with E-state index in [1.54, 1.807) is 6.20 Å². The zero-order valence-corrected chi connectivity index (χ0v) is 27.6. The van der Waals surface area contributed by atoms with Gasteiger partial charge in [-0.15, -0.1) is 0 Å². The molecule has 8 rings (SSSR count). The van der Waals surface area contributed by atoms with Crippen molar-refractivity contribution in [3.8, 4) is 0 Å². The standard InChI is InChI=1S/C37H48BN3O4/c1-23(2)18-33(38-43-32-20-27-19-31(36(27,4)5)37(32,6)45-38)41-28(21-30(44-41)24(3)25-12-8-7-9-13-25)22-40-35(42)34-29-15-11-10-14-26(29)16-17-39-34/h7-17,23-24,27-28,30-33H,18-22H2,1-6H3,(H,40,42)/t24?,27-,28?,30?,31-,32+,33-,37-/m0/s1. The summed E-state index contributed by atoms with van der Waals surface area (Å²) >= 11 is 0. The molecule has 0 radical (unpaired) electrons. The molecular formula is C37H48BN3O4. The Bertz CT molecular complexity index is 1530. The molecule has 2 bridgehead atoms. The Kier molecular flexibility index (Phi) is 8.08. The minimum Gasteiger partial charge on any atom is -0.404 e. The van der Waals surface area contributed by atoms with Gasteiger partial charge in [0.05, 0.1) is 29.8 Å². The molecule has 238 valence electrons. The number of rotatable bonds is 9. The molecule has 3 heterocycles. The highest BCUT2D eigenvalue weighted by Gasteiger charge is 2.69. The van der Waals surface area contributed by atoms with Crippen molar-refractivity contribution in [2.24, 2.45) is 23.2 Å². The van der Waals surface area contributed by atoms with Gasteiger partial charge in [0.2, 0.25) is 0 Å². The summed E-state index contributed by atoms with van der Waals surface area (Å²) in [7, 11) is -0.388. The molecular weight excluding hydrogens is 561 g/mol. The highest BCUT2D eigenvalue weighted by atomic mass is 16.7. The summed E-state index contributed by atoms with van der Waals surface area (Å²) in [6.07, 6.45) is 5.71. The van der Waals surface area contributed by atoms with Crippen molar-refractivity contribution in [2.75, 3.05) is 6.54 Å². The number of hydrogen-bond donors (Lipinski definition) is 1. The number of nitrogens with zero attached hydrogens (tertiary/aromatic N) is 2. The topological polar surface area (TPSA) is 72.9 Å². The van der Waals surface area contributed by atoms with E-state index < -0.39 is 0 Å². The Hall–Kier alpha value is -2.78. The van der Waals surface area contributed by atoms with Gasteiger partial charge >= 0.3 is 7.12 Å². The van der Waals surface area contributed by atoms with Crippen LogP contribution in [0.3, 0.4) is 0 Å². The van der Waals surface area contributed by atoms with Gasteiger partial charge in [0.1, 0.15) is 5.69 Å². The first-order valence-corrected chi connectivity index (χ1v) is 17.0. The first-order chi connectivity index (χ1) is 21.6. The summed E-state index contributed by atoms with van der Waals surface area (Å²) < 4.78 is 13.9. The van der Waals surface area contributed by atoms with E-state index >= 15 is 0 Å². The number of carbonyl (C=O) groups is 1. The molecule has 0 spiro atoms. The first kappa shape index (κ1) is 30.9. The smallest absolute Gasteiger partial charge is 0.404 e. The second-order valence-corrected chi connectivity index (χ2v) is 15.2. The third-order valence-electron chi connectivity index (χ3n) is 11.7. The van der Waals surface area contributed by atoms with Crippen LogP contribution in [-0.4, -0.2) is 59.4 Å². The van der Waals surface area contributed by atoms with Gasteiger partial charge in [0.25, 0.3) is 5.91 Å². The third-order valence-corrected chi connectivity index (χ3v) is 11.7. The minimum absolute atomic E-state index is 0.0364. The van der Waals surface area contributed by atoms with Crippen molar-refractivity contribution in [1.82, 2.24) is 15.4 Å². The predicted octanol–water partition coefficient (Wildman–Crippen LogP) is 6.83. The lowest BCUT2D eigenvalue weighted by molar-refractivity contribution is -0.200. The number of amides is 1. The number of hydroxylamine groups is 2. The Morgan fingerprint density at radius 2 is 1.78 bits per heavy atom.